The third kappa shape index (κ3) is 2.67. The van der Waals surface area contributed by atoms with E-state index in [4.69, 9.17) is 0 Å². The van der Waals surface area contributed by atoms with Gasteiger partial charge >= 0.3 is 0 Å². The van der Waals surface area contributed by atoms with Gasteiger partial charge in [-0.15, -0.1) is 0 Å². The Balaban J connectivity index is 2.30. The van der Waals surface area contributed by atoms with Crippen molar-refractivity contribution in [1.29, 1.82) is 0 Å². The molecular weight excluding hydrogens is 300 g/mol. The fraction of sp³-hybridized carbons (Fsp3) is 0.182. The maximum Gasteiger partial charge on any atom is 0.293 e. The van der Waals surface area contributed by atoms with Crippen molar-refractivity contribution < 1.29 is 4.92 Å². The summed E-state index contributed by atoms with van der Waals surface area (Å²) in [6.45, 7) is 2.73. The minimum absolute atomic E-state index is 0.0219. The molecule has 0 radical (unpaired) electrons. The van der Waals surface area contributed by atoms with Crippen molar-refractivity contribution in [3.8, 4) is 0 Å². The van der Waals surface area contributed by atoms with Gasteiger partial charge in [0.05, 0.1) is 16.8 Å². The van der Waals surface area contributed by atoms with E-state index in [-0.39, 0.29) is 5.69 Å². The molecule has 1 N–H and O–H groups in total. The lowest BCUT2D eigenvalue weighted by Gasteiger charge is -2.04. The first kappa shape index (κ1) is 12.6. The predicted octanol–water partition coefficient (Wildman–Crippen LogP) is 3.32. The SMILES string of the molecule is CCn1cc(Nc2ccc(Br)cc2[N+](=O)[O-])cn1. The van der Waals surface area contributed by atoms with Crippen LogP contribution < -0.4 is 5.32 Å². The van der Waals surface area contributed by atoms with Gasteiger partial charge in [0.1, 0.15) is 5.69 Å². The quantitative estimate of drug-likeness (QED) is 0.694. The average Bonchev–Trinajstić information content (AvgIpc) is 2.79. The number of aryl methyl sites for hydroxylation is 1. The van der Waals surface area contributed by atoms with E-state index in [0.29, 0.717) is 10.2 Å². The second-order valence-electron chi connectivity index (χ2n) is 3.63. The molecule has 0 aliphatic carbocycles. The Kier molecular flexibility index (Phi) is 3.61. The van der Waals surface area contributed by atoms with Crippen LogP contribution in [-0.4, -0.2) is 14.7 Å². The highest BCUT2D eigenvalue weighted by atomic mass is 79.9. The largest absolute Gasteiger partial charge is 0.347 e. The Labute approximate surface area is 112 Å². The van der Waals surface area contributed by atoms with E-state index in [1.54, 1.807) is 29.2 Å². The minimum atomic E-state index is -0.419. The number of halogens is 1. The van der Waals surface area contributed by atoms with Gasteiger partial charge in [0.25, 0.3) is 5.69 Å². The highest BCUT2D eigenvalue weighted by molar-refractivity contribution is 9.10. The summed E-state index contributed by atoms with van der Waals surface area (Å²) in [5, 5.41) is 18.0. The number of anilines is 2. The van der Waals surface area contributed by atoms with Crippen LogP contribution in [0.15, 0.2) is 35.1 Å². The van der Waals surface area contributed by atoms with Crippen LogP contribution in [0.25, 0.3) is 0 Å². The Bertz CT molecular complexity index is 582. The predicted molar refractivity (Wildman–Crippen MR) is 72.0 cm³/mol. The summed E-state index contributed by atoms with van der Waals surface area (Å²) in [5.74, 6) is 0. The molecule has 0 fully saturated rings. The number of nitro benzene ring substituents is 1. The van der Waals surface area contributed by atoms with E-state index < -0.39 is 4.92 Å². The maximum absolute atomic E-state index is 10.9. The fourth-order valence-corrected chi connectivity index (χ4v) is 1.87. The van der Waals surface area contributed by atoms with E-state index in [1.807, 2.05) is 6.92 Å². The average molecular weight is 311 g/mol. The molecule has 0 atom stereocenters. The number of nitrogens with zero attached hydrogens (tertiary/aromatic N) is 3. The van der Waals surface area contributed by atoms with Crippen LogP contribution in [0.1, 0.15) is 6.92 Å². The molecule has 0 bridgehead atoms. The molecule has 2 aromatic rings. The van der Waals surface area contributed by atoms with Gasteiger partial charge in [-0.05, 0) is 19.1 Å². The molecular formula is C11H11BrN4O2. The van der Waals surface area contributed by atoms with Crippen LogP contribution in [0.2, 0.25) is 0 Å². The first-order valence-corrected chi connectivity index (χ1v) is 6.13. The van der Waals surface area contributed by atoms with Crippen molar-refractivity contribution in [2.75, 3.05) is 5.32 Å². The van der Waals surface area contributed by atoms with E-state index in [2.05, 4.69) is 26.3 Å². The topological polar surface area (TPSA) is 73.0 Å². The molecule has 2 rings (SSSR count). The first-order chi connectivity index (χ1) is 8.60. The Hall–Kier alpha value is -1.89. The molecule has 7 heteroatoms. The Morgan fingerprint density at radius 1 is 1.56 bits per heavy atom. The van der Waals surface area contributed by atoms with Gasteiger partial charge in [-0.1, -0.05) is 15.9 Å². The van der Waals surface area contributed by atoms with E-state index in [0.717, 1.165) is 12.2 Å². The van der Waals surface area contributed by atoms with Crippen LogP contribution in [0.3, 0.4) is 0 Å². The summed E-state index contributed by atoms with van der Waals surface area (Å²) in [5.41, 5.74) is 1.19. The van der Waals surface area contributed by atoms with Crippen molar-refractivity contribution in [2.24, 2.45) is 0 Å². The van der Waals surface area contributed by atoms with Crippen molar-refractivity contribution >= 4 is 33.0 Å². The number of hydrogen-bond acceptors (Lipinski definition) is 4. The molecule has 1 heterocycles. The zero-order valence-corrected chi connectivity index (χ0v) is 11.2. The van der Waals surface area contributed by atoms with Gasteiger partial charge in [0.15, 0.2) is 0 Å². The van der Waals surface area contributed by atoms with Gasteiger partial charge in [-0.25, -0.2) is 0 Å². The summed E-state index contributed by atoms with van der Waals surface area (Å²) in [4.78, 5) is 10.5. The fourth-order valence-electron chi connectivity index (χ4n) is 1.52. The van der Waals surface area contributed by atoms with E-state index in [1.165, 1.54) is 6.07 Å². The third-order valence-electron chi connectivity index (χ3n) is 2.39. The normalized spacial score (nSPS) is 10.3. The summed E-state index contributed by atoms with van der Waals surface area (Å²) < 4.78 is 2.41. The van der Waals surface area contributed by atoms with Crippen LogP contribution in [0, 0.1) is 10.1 Å². The highest BCUT2D eigenvalue weighted by Gasteiger charge is 2.14. The lowest BCUT2D eigenvalue weighted by atomic mass is 10.2. The molecule has 0 unspecified atom stereocenters. The zero-order valence-electron chi connectivity index (χ0n) is 9.63. The molecule has 1 aromatic carbocycles. The van der Waals surface area contributed by atoms with Gasteiger partial charge in [0.2, 0.25) is 0 Å². The lowest BCUT2D eigenvalue weighted by Crippen LogP contribution is -1.96. The Morgan fingerprint density at radius 3 is 2.94 bits per heavy atom. The number of aromatic nitrogens is 2. The molecule has 0 saturated heterocycles. The van der Waals surface area contributed by atoms with Crippen molar-refractivity contribution in [2.45, 2.75) is 13.5 Å². The molecule has 94 valence electrons. The van der Waals surface area contributed by atoms with Crippen molar-refractivity contribution in [3.05, 3.63) is 45.2 Å². The maximum atomic E-state index is 10.9. The lowest BCUT2D eigenvalue weighted by molar-refractivity contribution is -0.384. The highest BCUT2D eigenvalue weighted by Crippen LogP contribution is 2.30. The van der Waals surface area contributed by atoms with Gasteiger partial charge < -0.3 is 5.32 Å². The molecule has 0 aliphatic rings. The Morgan fingerprint density at radius 2 is 2.33 bits per heavy atom. The van der Waals surface area contributed by atoms with Crippen LogP contribution >= 0.6 is 15.9 Å². The van der Waals surface area contributed by atoms with E-state index >= 15 is 0 Å². The number of nitrogens with one attached hydrogen (secondary N) is 1. The molecule has 0 aliphatic heterocycles. The number of rotatable bonds is 4. The van der Waals surface area contributed by atoms with Gasteiger partial charge in [0, 0.05) is 23.3 Å². The molecule has 18 heavy (non-hydrogen) atoms. The van der Waals surface area contributed by atoms with Crippen LogP contribution in [-0.2, 0) is 6.54 Å². The molecule has 0 amide bonds. The van der Waals surface area contributed by atoms with Gasteiger partial charge in [-0.3, -0.25) is 14.8 Å². The van der Waals surface area contributed by atoms with Gasteiger partial charge in [-0.2, -0.15) is 5.10 Å². The summed E-state index contributed by atoms with van der Waals surface area (Å²) in [6.07, 6.45) is 3.43. The third-order valence-corrected chi connectivity index (χ3v) is 2.89. The van der Waals surface area contributed by atoms with Crippen LogP contribution in [0.5, 0.6) is 0 Å². The summed E-state index contributed by atoms with van der Waals surface area (Å²) in [7, 11) is 0. The van der Waals surface area contributed by atoms with Crippen molar-refractivity contribution in [3.63, 3.8) is 0 Å². The number of hydrogen-bond donors (Lipinski definition) is 1. The number of benzene rings is 1. The monoisotopic (exact) mass is 310 g/mol. The van der Waals surface area contributed by atoms with E-state index in [9.17, 15) is 10.1 Å². The second-order valence-corrected chi connectivity index (χ2v) is 4.54. The van der Waals surface area contributed by atoms with Crippen molar-refractivity contribution in [1.82, 2.24) is 9.78 Å². The molecule has 6 nitrogen and oxygen atoms in total. The van der Waals surface area contributed by atoms with Crippen LogP contribution in [0.4, 0.5) is 17.1 Å². The molecule has 0 spiro atoms. The molecule has 0 saturated carbocycles. The second kappa shape index (κ2) is 5.18. The smallest absolute Gasteiger partial charge is 0.293 e. The standard InChI is InChI=1S/C11H11BrN4O2/c1-2-15-7-9(6-13-15)14-10-4-3-8(12)5-11(10)16(17)18/h3-7,14H,2H2,1H3. The zero-order chi connectivity index (χ0) is 13.1. The number of nitro groups is 1. The summed E-state index contributed by atoms with van der Waals surface area (Å²) >= 11 is 3.22. The molecule has 1 aromatic heterocycles. The first-order valence-electron chi connectivity index (χ1n) is 5.33. The minimum Gasteiger partial charge on any atom is -0.347 e. The summed E-state index contributed by atoms with van der Waals surface area (Å²) in [6, 6.07) is 4.87.